The van der Waals surface area contributed by atoms with Gasteiger partial charge in [0.2, 0.25) is 0 Å². The Bertz CT molecular complexity index is 339. The summed E-state index contributed by atoms with van der Waals surface area (Å²) in [5.41, 5.74) is 6.59. The number of anilines is 1. The highest BCUT2D eigenvalue weighted by Gasteiger charge is 2.20. The third kappa shape index (κ3) is 2.76. The summed E-state index contributed by atoms with van der Waals surface area (Å²) in [5, 5.41) is 0. The first-order chi connectivity index (χ1) is 7.20. The molecule has 0 bridgehead atoms. The summed E-state index contributed by atoms with van der Waals surface area (Å²) in [7, 11) is 1.53. The Morgan fingerprint density at radius 3 is 2.93 bits per heavy atom. The third-order valence-electron chi connectivity index (χ3n) is 2.25. The molecule has 2 N–H and O–H groups in total. The highest BCUT2D eigenvalue weighted by atomic mass is 16.5. The first-order valence-corrected chi connectivity index (χ1v) is 4.97. The molecule has 0 aliphatic carbocycles. The topological polar surface area (TPSA) is 65.2 Å². The molecule has 1 aromatic rings. The smallest absolute Gasteiger partial charge is 0.195 e. The number of ketones is 1. The van der Waals surface area contributed by atoms with Gasteiger partial charge in [-0.25, -0.2) is 0 Å². The molecule has 1 rings (SSSR count). The summed E-state index contributed by atoms with van der Waals surface area (Å²) in [6, 6.07) is 1.62. The van der Waals surface area contributed by atoms with E-state index in [1.807, 2.05) is 6.92 Å². The van der Waals surface area contributed by atoms with E-state index in [0.717, 1.165) is 6.42 Å². The van der Waals surface area contributed by atoms with Gasteiger partial charge in [-0.15, -0.1) is 0 Å². The molecule has 82 valence electrons. The Morgan fingerprint density at radius 1 is 1.67 bits per heavy atom. The van der Waals surface area contributed by atoms with Crippen LogP contribution in [0.5, 0.6) is 0 Å². The minimum atomic E-state index is -0.415. The lowest BCUT2D eigenvalue weighted by atomic mass is 10.0. The fraction of sp³-hybridized carbons (Fsp3) is 0.455. The molecule has 4 heteroatoms. The van der Waals surface area contributed by atoms with Crippen molar-refractivity contribution in [2.75, 3.05) is 12.8 Å². The number of nitrogen functional groups attached to an aromatic ring is 1. The predicted octanol–water partition coefficient (Wildman–Crippen LogP) is 1.66. The molecule has 0 spiro atoms. The predicted molar refractivity (Wildman–Crippen MR) is 58.7 cm³/mol. The molecule has 0 amide bonds. The van der Waals surface area contributed by atoms with Crippen LogP contribution in [0.4, 0.5) is 5.69 Å². The molecule has 0 fully saturated rings. The second-order valence-electron chi connectivity index (χ2n) is 3.34. The molecule has 1 atom stereocenters. The van der Waals surface area contributed by atoms with Crippen molar-refractivity contribution in [1.29, 1.82) is 0 Å². The van der Waals surface area contributed by atoms with Gasteiger partial charge in [0.1, 0.15) is 6.10 Å². The number of pyridine rings is 1. The van der Waals surface area contributed by atoms with E-state index in [2.05, 4.69) is 4.98 Å². The van der Waals surface area contributed by atoms with Gasteiger partial charge in [-0.05, 0) is 12.5 Å². The highest BCUT2D eigenvalue weighted by Crippen LogP contribution is 2.15. The van der Waals surface area contributed by atoms with Gasteiger partial charge in [0.25, 0.3) is 0 Å². The zero-order valence-electron chi connectivity index (χ0n) is 9.06. The van der Waals surface area contributed by atoms with E-state index in [9.17, 15) is 4.79 Å². The van der Waals surface area contributed by atoms with Crippen molar-refractivity contribution in [2.24, 2.45) is 0 Å². The number of ether oxygens (including phenoxy) is 1. The van der Waals surface area contributed by atoms with Crippen LogP contribution in [0.25, 0.3) is 0 Å². The molecule has 0 aliphatic rings. The van der Waals surface area contributed by atoms with E-state index in [4.69, 9.17) is 10.5 Å². The maximum atomic E-state index is 11.9. The summed E-state index contributed by atoms with van der Waals surface area (Å²) in [4.78, 5) is 15.8. The number of hydrogen-bond donors (Lipinski definition) is 1. The lowest BCUT2D eigenvalue weighted by Crippen LogP contribution is -2.23. The number of Topliss-reactive ketones (excluding diaryl/α,β-unsaturated/α-hetero) is 1. The monoisotopic (exact) mass is 208 g/mol. The van der Waals surface area contributed by atoms with Crippen LogP contribution >= 0.6 is 0 Å². The fourth-order valence-corrected chi connectivity index (χ4v) is 1.40. The number of carbonyl (C=O) groups excluding carboxylic acids is 1. The van der Waals surface area contributed by atoms with E-state index in [1.165, 1.54) is 13.3 Å². The minimum Gasteiger partial charge on any atom is -0.398 e. The number of rotatable bonds is 5. The van der Waals surface area contributed by atoms with Crippen LogP contribution < -0.4 is 5.73 Å². The number of hydrogen-bond acceptors (Lipinski definition) is 4. The number of aromatic nitrogens is 1. The summed E-state index contributed by atoms with van der Waals surface area (Å²) >= 11 is 0. The summed E-state index contributed by atoms with van der Waals surface area (Å²) in [6.07, 6.45) is 4.22. The van der Waals surface area contributed by atoms with E-state index >= 15 is 0 Å². The molecule has 1 heterocycles. The van der Waals surface area contributed by atoms with Crippen LogP contribution in [-0.2, 0) is 4.74 Å². The van der Waals surface area contributed by atoms with Gasteiger partial charge in [-0.1, -0.05) is 13.3 Å². The number of carbonyl (C=O) groups is 1. The van der Waals surface area contributed by atoms with Crippen LogP contribution in [0.15, 0.2) is 18.5 Å². The molecule has 15 heavy (non-hydrogen) atoms. The molecule has 0 saturated heterocycles. The Kier molecular flexibility index (Phi) is 4.24. The largest absolute Gasteiger partial charge is 0.398 e. The van der Waals surface area contributed by atoms with Crippen LogP contribution in [-0.4, -0.2) is 24.0 Å². The summed E-state index contributed by atoms with van der Waals surface area (Å²) in [6.45, 7) is 2.01. The van der Waals surface area contributed by atoms with Gasteiger partial charge < -0.3 is 10.5 Å². The Balaban J connectivity index is 2.88. The lowest BCUT2D eigenvalue weighted by molar-refractivity contribution is 0.0579. The van der Waals surface area contributed by atoms with Crippen molar-refractivity contribution in [2.45, 2.75) is 25.9 Å². The molecule has 4 nitrogen and oxygen atoms in total. The van der Waals surface area contributed by atoms with Gasteiger partial charge >= 0.3 is 0 Å². The van der Waals surface area contributed by atoms with Gasteiger partial charge in [0, 0.05) is 25.2 Å². The van der Waals surface area contributed by atoms with Crippen molar-refractivity contribution >= 4 is 11.5 Å². The zero-order chi connectivity index (χ0) is 11.3. The second-order valence-corrected chi connectivity index (χ2v) is 3.34. The van der Waals surface area contributed by atoms with Crippen molar-refractivity contribution < 1.29 is 9.53 Å². The van der Waals surface area contributed by atoms with Crippen LogP contribution in [0.3, 0.4) is 0 Å². The van der Waals surface area contributed by atoms with E-state index in [1.54, 1.807) is 12.3 Å². The summed E-state index contributed by atoms with van der Waals surface area (Å²) < 4.78 is 5.13. The minimum absolute atomic E-state index is 0.0926. The van der Waals surface area contributed by atoms with Crippen molar-refractivity contribution in [1.82, 2.24) is 4.98 Å². The van der Waals surface area contributed by atoms with Crippen molar-refractivity contribution in [3.05, 3.63) is 24.0 Å². The molecular weight excluding hydrogens is 192 g/mol. The SMILES string of the molecule is CCCC(OC)C(=O)c1cnccc1N. The lowest BCUT2D eigenvalue weighted by Gasteiger charge is -2.13. The van der Waals surface area contributed by atoms with Crippen LogP contribution in [0, 0.1) is 0 Å². The van der Waals surface area contributed by atoms with E-state index in [-0.39, 0.29) is 5.78 Å². The first-order valence-electron chi connectivity index (χ1n) is 4.97. The van der Waals surface area contributed by atoms with Crippen molar-refractivity contribution in [3.8, 4) is 0 Å². The van der Waals surface area contributed by atoms with Gasteiger partial charge in [-0.3, -0.25) is 9.78 Å². The molecule has 0 aromatic carbocycles. The normalized spacial score (nSPS) is 12.4. The number of nitrogens with zero attached hydrogens (tertiary/aromatic N) is 1. The molecular formula is C11H16N2O2. The van der Waals surface area contributed by atoms with Crippen LogP contribution in [0.2, 0.25) is 0 Å². The molecule has 0 saturated carbocycles. The number of nitrogens with two attached hydrogens (primary N) is 1. The van der Waals surface area contributed by atoms with E-state index in [0.29, 0.717) is 17.7 Å². The number of methoxy groups -OCH3 is 1. The maximum absolute atomic E-state index is 11.9. The average Bonchev–Trinajstić information content (AvgIpc) is 2.25. The quantitative estimate of drug-likeness (QED) is 0.747. The fourth-order valence-electron chi connectivity index (χ4n) is 1.40. The molecule has 1 unspecified atom stereocenters. The second kappa shape index (κ2) is 5.46. The van der Waals surface area contributed by atoms with Gasteiger partial charge in [-0.2, -0.15) is 0 Å². The Hall–Kier alpha value is -1.42. The van der Waals surface area contributed by atoms with Gasteiger partial charge in [0.05, 0.1) is 5.56 Å². The van der Waals surface area contributed by atoms with Gasteiger partial charge in [0.15, 0.2) is 5.78 Å². The summed E-state index contributed by atoms with van der Waals surface area (Å²) in [5.74, 6) is -0.0926. The highest BCUT2D eigenvalue weighted by molar-refractivity contribution is 6.03. The molecule has 1 aromatic heterocycles. The first kappa shape index (κ1) is 11.7. The maximum Gasteiger partial charge on any atom is 0.195 e. The molecule has 0 radical (unpaired) electrons. The third-order valence-corrected chi connectivity index (χ3v) is 2.25. The molecule has 0 aliphatic heterocycles. The Morgan fingerprint density at radius 2 is 2.40 bits per heavy atom. The van der Waals surface area contributed by atoms with E-state index < -0.39 is 6.10 Å². The average molecular weight is 208 g/mol. The zero-order valence-corrected chi connectivity index (χ0v) is 9.06. The van der Waals surface area contributed by atoms with Crippen LogP contribution in [0.1, 0.15) is 30.1 Å². The standard InChI is InChI=1S/C11H16N2O2/c1-3-4-10(15-2)11(14)8-7-13-6-5-9(8)12/h5-7,10H,3-4H2,1-2H3,(H2,12,13). The Labute approximate surface area is 89.5 Å². The van der Waals surface area contributed by atoms with Crippen molar-refractivity contribution in [3.63, 3.8) is 0 Å².